The Labute approximate surface area is 95.8 Å². The molecular weight excluding hydrogens is 198 g/mol. The number of aromatic nitrogens is 1. The van der Waals surface area contributed by atoms with Crippen molar-refractivity contribution in [2.75, 3.05) is 0 Å². The maximum atomic E-state index is 9.27. The van der Waals surface area contributed by atoms with Crippen LogP contribution in [0.5, 0.6) is 0 Å². The molecule has 0 saturated heterocycles. The molecule has 2 aromatic rings. The average molecular weight is 215 g/mol. The molecule has 2 nitrogen and oxygen atoms in total. The summed E-state index contributed by atoms with van der Waals surface area (Å²) in [5.41, 5.74) is 3.64. The molecule has 2 rings (SSSR count). The molecule has 0 radical (unpaired) electrons. The lowest BCUT2D eigenvalue weighted by Crippen LogP contribution is -1.95. The Morgan fingerprint density at radius 1 is 1.31 bits per heavy atom. The molecule has 2 heteroatoms. The van der Waals surface area contributed by atoms with E-state index < -0.39 is 6.10 Å². The number of para-hydroxylation sites is 1. The fourth-order valence-electron chi connectivity index (χ4n) is 2.07. The lowest BCUT2D eigenvalue weighted by atomic mass is 10.1. The minimum atomic E-state index is -0.405. The maximum absolute atomic E-state index is 9.27. The lowest BCUT2D eigenvalue weighted by Gasteiger charge is -2.00. The van der Waals surface area contributed by atoms with Crippen molar-refractivity contribution in [3.63, 3.8) is 0 Å². The van der Waals surface area contributed by atoms with Crippen LogP contribution in [0.4, 0.5) is 0 Å². The molecule has 0 fully saturated rings. The van der Waals surface area contributed by atoms with Gasteiger partial charge in [0.25, 0.3) is 0 Å². The van der Waals surface area contributed by atoms with Crippen LogP contribution in [0.1, 0.15) is 18.2 Å². The van der Waals surface area contributed by atoms with Crippen LogP contribution in [0.2, 0.25) is 0 Å². The predicted octanol–water partition coefficient (Wildman–Crippen LogP) is 2.88. The number of rotatable bonds is 2. The summed E-state index contributed by atoms with van der Waals surface area (Å²) in [4.78, 5) is 0. The molecule has 0 aliphatic carbocycles. The van der Waals surface area contributed by atoms with E-state index in [1.165, 1.54) is 16.5 Å². The van der Waals surface area contributed by atoms with Crippen LogP contribution in [0.15, 0.2) is 30.3 Å². The summed E-state index contributed by atoms with van der Waals surface area (Å²) in [6, 6.07) is 8.34. The molecule has 84 valence electrons. The summed E-state index contributed by atoms with van der Waals surface area (Å²) in [7, 11) is 2.05. The number of aryl methyl sites for hydroxylation is 2. The molecule has 1 atom stereocenters. The Kier molecular flexibility index (Phi) is 2.84. The van der Waals surface area contributed by atoms with Crippen molar-refractivity contribution in [1.29, 1.82) is 0 Å². The standard InChI is InChI=1S/C14H17NO/c1-10(16)8-9-13-11(2)12-6-4-5-7-14(12)15(13)3/h4-10,16H,1-3H3/b9-8+. The predicted molar refractivity (Wildman–Crippen MR) is 68.4 cm³/mol. The molecule has 1 aromatic carbocycles. The van der Waals surface area contributed by atoms with Gasteiger partial charge in [-0.1, -0.05) is 24.3 Å². The second-order valence-electron chi connectivity index (χ2n) is 4.19. The van der Waals surface area contributed by atoms with Gasteiger partial charge in [0.05, 0.1) is 6.10 Å². The SMILES string of the molecule is Cc1c(/C=C/C(C)O)n(C)c2ccccc12. The summed E-state index contributed by atoms with van der Waals surface area (Å²) in [5, 5.41) is 10.5. The first-order valence-electron chi connectivity index (χ1n) is 5.51. The molecule has 0 saturated carbocycles. The van der Waals surface area contributed by atoms with Crippen molar-refractivity contribution >= 4 is 17.0 Å². The van der Waals surface area contributed by atoms with Crippen molar-refractivity contribution in [1.82, 2.24) is 4.57 Å². The Balaban J connectivity index is 2.62. The van der Waals surface area contributed by atoms with Gasteiger partial charge in [-0.25, -0.2) is 0 Å². The van der Waals surface area contributed by atoms with Crippen LogP contribution >= 0.6 is 0 Å². The number of fused-ring (bicyclic) bond motifs is 1. The molecule has 1 aromatic heterocycles. The summed E-state index contributed by atoms with van der Waals surface area (Å²) >= 11 is 0. The third-order valence-corrected chi connectivity index (χ3v) is 2.95. The largest absolute Gasteiger partial charge is 0.389 e. The van der Waals surface area contributed by atoms with Gasteiger partial charge in [-0.2, -0.15) is 0 Å². The fourth-order valence-corrected chi connectivity index (χ4v) is 2.07. The number of aliphatic hydroxyl groups is 1. The molecule has 1 unspecified atom stereocenters. The third kappa shape index (κ3) is 1.76. The van der Waals surface area contributed by atoms with Crippen LogP contribution in [-0.2, 0) is 7.05 Å². The molecular formula is C14H17NO. The molecule has 0 spiro atoms. The topological polar surface area (TPSA) is 25.2 Å². The third-order valence-electron chi connectivity index (χ3n) is 2.95. The van der Waals surface area contributed by atoms with E-state index in [0.717, 1.165) is 5.69 Å². The zero-order chi connectivity index (χ0) is 11.7. The fraction of sp³-hybridized carbons (Fsp3) is 0.286. The Bertz CT molecular complexity index is 496. The maximum Gasteiger partial charge on any atom is 0.0696 e. The van der Waals surface area contributed by atoms with E-state index in [9.17, 15) is 5.11 Å². The van der Waals surface area contributed by atoms with Crippen molar-refractivity contribution in [3.8, 4) is 0 Å². The highest BCUT2D eigenvalue weighted by atomic mass is 16.3. The van der Waals surface area contributed by atoms with Gasteiger partial charge in [-0.05, 0) is 31.6 Å². The second-order valence-corrected chi connectivity index (χ2v) is 4.19. The van der Waals surface area contributed by atoms with E-state index in [1.54, 1.807) is 13.0 Å². The van der Waals surface area contributed by atoms with Crippen molar-refractivity contribution in [2.24, 2.45) is 7.05 Å². The van der Waals surface area contributed by atoms with E-state index in [0.29, 0.717) is 0 Å². The van der Waals surface area contributed by atoms with E-state index in [-0.39, 0.29) is 0 Å². The quantitative estimate of drug-likeness (QED) is 0.818. The van der Waals surface area contributed by atoms with Crippen molar-refractivity contribution in [2.45, 2.75) is 20.0 Å². The first-order chi connectivity index (χ1) is 7.61. The van der Waals surface area contributed by atoms with Crippen LogP contribution in [-0.4, -0.2) is 15.8 Å². The Morgan fingerprint density at radius 2 is 2.00 bits per heavy atom. The van der Waals surface area contributed by atoms with Crippen LogP contribution in [0, 0.1) is 6.92 Å². The summed E-state index contributed by atoms with van der Waals surface area (Å²) in [5.74, 6) is 0. The second kappa shape index (κ2) is 4.14. The number of hydrogen-bond acceptors (Lipinski definition) is 1. The first kappa shape index (κ1) is 11.0. The number of benzene rings is 1. The van der Waals surface area contributed by atoms with Crippen molar-refractivity contribution in [3.05, 3.63) is 41.6 Å². The van der Waals surface area contributed by atoms with Gasteiger partial charge in [0.1, 0.15) is 0 Å². The minimum absolute atomic E-state index is 0.405. The van der Waals surface area contributed by atoms with Crippen LogP contribution in [0.25, 0.3) is 17.0 Å². The van der Waals surface area contributed by atoms with Gasteiger partial charge in [-0.3, -0.25) is 0 Å². The van der Waals surface area contributed by atoms with Gasteiger partial charge in [-0.15, -0.1) is 0 Å². The number of nitrogens with zero attached hydrogens (tertiary/aromatic N) is 1. The Hall–Kier alpha value is -1.54. The zero-order valence-electron chi connectivity index (χ0n) is 9.94. The highest BCUT2D eigenvalue weighted by Gasteiger charge is 2.08. The monoisotopic (exact) mass is 215 g/mol. The molecule has 0 aliphatic rings. The van der Waals surface area contributed by atoms with Gasteiger partial charge in [0, 0.05) is 23.6 Å². The summed E-state index contributed by atoms with van der Waals surface area (Å²) < 4.78 is 2.16. The average Bonchev–Trinajstić information content (AvgIpc) is 2.50. The lowest BCUT2D eigenvalue weighted by molar-refractivity contribution is 0.245. The highest BCUT2D eigenvalue weighted by Crippen LogP contribution is 2.25. The Morgan fingerprint density at radius 3 is 2.62 bits per heavy atom. The van der Waals surface area contributed by atoms with Gasteiger partial charge in [0.2, 0.25) is 0 Å². The van der Waals surface area contributed by atoms with Crippen LogP contribution < -0.4 is 0 Å². The van der Waals surface area contributed by atoms with Crippen molar-refractivity contribution < 1.29 is 5.11 Å². The molecule has 1 heterocycles. The molecule has 0 bridgehead atoms. The smallest absolute Gasteiger partial charge is 0.0696 e. The van der Waals surface area contributed by atoms with E-state index in [4.69, 9.17) is 0 Å². The summed E-state index contributed by atoms with van der Waals surface area (Å²) in [6.45, 7) is 3.87. The van der Waals surface area contributed by atoms with Gasteiger partial charge >= 0.3 is 0 Å². The molecule has 16 heavy (non-hydrogen) atoms. The number of hydrogen-bond donors (Lipinski definition) is 1. The van der Waals surface area contributed by atoms with E-state index >= 15 is 0 Å². The normalized spacial score (nSPS) is 13.8. The van der Waals surface area contributed by atoms with E-state index in [2.05, 4.69) is 36.7 Å². The molecule has 1 N–H and O–H groups in total. The summed E-state index contributed by atoms with van der Waals surface area (Å²) in [6.07, 6.45) is 3.39. The zero-order valence-corrected chi connectivity index (χ0v) is 9.94. The van der Waals surface area contributed by atoms with Gasteiger partial charge in [0.15, 0.2) is 0 Å². The van der Waals surface area contributed by atoms with Gasteiger partial charge < -0.3 is 9.67 Å². The number of aliphatic hydroxyl groups excluding tert-OH is 1. The molecule has 0 aliphatic heterocycles. The molecule has 0 amide bonds. The highest BCUT2D eigenvalue weighted by molar-refractivity contribution is 5.87. The minimum Gasteiger partial charge on any atom is -0.389 e. The van der Waals surface area contributed by atoms with E-state index in [1.807, 2.05) is 12.1 Å². The first-order valence-corrected chi connectivity index (χ1v) is 5.51. The van der Waals surface area contributed by atoms with Crippen LogP contribution in [0.3, 0.4) is 0 Å².